The Hall–Kier alpha value is -0.790. The Morgan fingerprint density at radius 1 is 1.75 bits per heavy atom. The number of aryl methyl sites for hydroxylation is 1. The molecule has 1 aromatic heterocycles. The molecule has 0 unspecified atom stereocenters. The lowest BCUT2D eigenvalue weighted by Gasteiger charge is -1.82. The van der Waals surface area contributed by atoms with Crippen LogP contribution in [0.25, 0.3) is 0 Å². The average molecular weight is 110 g/mol. The van der Waals surface area contributed by atoms with E-state index in [4.69, 9.17) is 0 Å². The van der Waals surface area contributed by atoms with E-state index in [0.29, 0.717) is 0 Å². The van der Waals surface area contributed by atoms with Gasteiger partial charge in [0, 0.05) is 5.56 Å². The van der Waals surface area contributed by atoms with Crippen LogP contribution in [0.2, 0.25) is 0 Å². The standard InChI is InChI=1S/C6H8NO/c1-2-3-6-4-7-8-5-6/h4-5H,1-3H2. The highest BCUT2D eigenvalue weighted by Crippen LogP contribution is 1.98. The highest BCUT2D eigenvalue weighted by molar-refractivity contribution is 4.99. The average Bonchev–Trinajstić information content (AvgIpc) is 2.19. The van der Waals surface area contributed by atoms with Gasteiger partial charge in [-0.25, -0.2) is 0 Å². The molecule has 1 heterocycles. The van der Waals surface area contributed by atoms with Crippen molar-refractivity contribution in [2.24, 2.45) is 0 Å². The number of hydrogen-bond acceptors (Lipinski definition) is 2. The fraction of sp³-hybridized carbons (Fsp3) is 0.333. The zero-order valence-electron chi connectivity index (χ0n) is 4.63. The van der Waals surface area contributed by atoms with Crippen molar-refractivity contribution in [1.82, 2.24) is 5.16 Å². The maximum Gasteiger partial charge on any atom is 0.126 e. The SMILES string of the molecule is [CH2]CCc1cnoc1. The van der Waals surface area contributed by atoms with Crippen LogP contribution in [-0.4, -0.2) is 5.16 Å². The van der Waals surface area contributed by atoms with Crippen molar-refractivity contribution in [2.75, 3.05) is 0 Å². The largest absolute Gasteiger partial charge is 0.364 e. The number of rotatable bonds is 2. The summed E-state index contributed by atoms with van der Waals surface area (Å²) in [5, 5.41) is 3.54. The highest BCUT2D eigenvalue weighted by Gasteiger charge is 1.89. The number of aromatic nitrogens is 1. The van der Waals surface area contributed by atoms with Crippen molar-refractivity contribution in [3.8, 4) is 0 Å². The molecule has 2 heteroatoms. The Morgan fingerprint density at radius 2 is 2.62 bits per heavy atom. The van der Waals surface area contributed by atoms with Gasteiger partial charge in [-0.15, -0.1) is 0 Å². The monoisotopic (exact) mass is 110 g/mol. The normalized spacial score (nSPS) is 9.62. The van der Waals surface area contributed by atoms with E-state index in [9.17, 15) is 0 Å². The molecule has 0 bridgehead atoms. The summed E-state index contributed by atoms with van der Waals surface area (Å²) in [7, 11) is 0. The predicted octanol–water partition coefficient (Wildman–Crippen LogP) is 1.44. The molecule has 0 aliphatic rings. The molecule has 43 valence electrons. The molecule has 0 atom stereocenters. The van der Waals surface area contributed by atoms with Crippen LogP contribution in [0.4, 0.5) is 0 Å². The van der Waals surface area contributed by atoms with Gasteiger partial charge < -0.3 is 4.52 Å². The van der Waals surface area contributed by atoms with Crippen LogP contribution < -0.4 is 0 Å². The molecular formula is C6H8NO. The third-order valence-corrected chi connectivity index (χ3v) is 0.949. The predicted molar refractivity (Wildman–Crippen MR) is 30.2 cm³/mol. The first-order valence-electron chi connectivity index (χ1n) is 2.61. The second kappa shape index (κ2) is 2.50. The number of hydrogen-bond donors (Lipinski definition) is 0. The molecule has 0 aliphatic carbocycles. The Labute approximate surface area is 48.5 Å². The lowest BCUT2D eigenvalue weighted by molar-refractivity contribution is 0.419. The first-order valence-corrected chi connectivity index (χ1v) is 2.61. The van der Waals surface area contributed by atoms with Crippen molar-refractivity contribution in [2.45, 2.75) is 12.8 Å². The molecular weight excluding hydrogens is 102 g/mol. The first-order chi connectivity index (χ1) is 3.93. The molecule has 1 aromatic rings. The minimum Gasteiger partial charge on any atom is -0.364 e. The van der Waals surface area contributed by atoms with E-state index in [-0.39, 0.29) is 0 Å². The van der Waals surface area contributed by atoms with Crippen molar-refractivity contribution in [3.63, 3.8) is 0 Å². The summed E-state index contributed by atoms with van der Waals surface area (Å²) in [6.45, 7) is 3.69. The third-order valence-electron chi connectivity index (χ3n) is 0.949. The van der Waals surface area contributed by atoms with Gasteiger partial charge in [0.25, 0.3) is 0 Å². The third kappa shape index (κ3) is 1.09. The van der Waals surface area contributed by atoms with Gasteiger partial charge in [0.05, 0.1) is 6.20 Å². The van der Waals surface area contributed by atoms with Gasteiger partial charge in [-0.2, -0.15) is 0 Å². The summed E-state index contributed by atoms with van der Waals surface area (Å²) < 4.78 is 4.59. The van der Waals surface area contributed by atoms with Crippen LogP contribution in [0, 0.1) is 6.92 Å². The molecule has 0 fully saturated rings. The molecule has 1 rings (SSSR count). The van der Waals surface area contributed by atoms with Crippen molar-refractivity contribution in [3.05, 3.63) is 24.9 Å². The fourth-order valence-corrected chi connectivity index (χ4v) is 0.554. The second-order valence-corrected chi connectivity index (χ2v) is 1.64. The van der Waals surface area contributed by atoms with E-state index in [1.165, 1.54) is 0 Å². The van der Waals surface area contributed by atoms with Crippen LogP contribution in [-0.2, 0) is 6.42 Å². The molecule has 0 spiro atoms. The van der Waals surface area contributed by atoms with Gasteiger partial charge in [0.2, 0.25) is 0 Å². The zero-order chi connectivity index (χ0) is 5.82. The summed E-state index contributed by atoms with van der Waals surface area (Å²) in [5.74, 6) is 0. The molecule has 0 amide bonds. The van der Waals surface area contributed by atoms with Crippen molar-refractivity contribution >= 4 is 0 Å². The summed E-state index contributed by atoms with van der Waals surface area (Å²) in [4.78, 5) is 0. The van der Waals surface area contributed by atoms with E-state index in [1.807, 2.05) is 0 Å². The fourth-order valence-electron chi connectivity index (χ4n) is 0.554. The van der Waals surface area contributed by atoms with Gasteiger partial charge in [0.15, 0.2) is 0 Å². The molecule has 2 nitrogen and oxygen atoms in total. The highest BCUT2D eigenvalue weighted by atomic mass is 16.5. The van der Waals surface area contributed by atoms with Gasteiger partial charge >= 0.3 is 0 Å². The summed E-state index contributed by atoms with van der Waals surface area (Å²) in [5.41, 5.74) is 1.13. The van der Waals surface area contributed by atoms with Crippen LogP contribution in [0.5, 0.6) is 0 Å². The second-order valence-electron chi connectivity index (χ2n) is 1.64. The lowest BCUT2D eigenvalue weighted by Crippen LogP contribution is -1.74. The van der Waals surface area contributed by atoms with E-state index in [1.54, 1.807) is 12.5 Å². The smallest absolute Gasteiger partial charge is 0.126 e. The quantitative estimate of drug-likeness (QED) is 0.575. The molecule has 8 heavy (non-hydrogen) atoms. The lowest BCUT2D eigenvalue weighted by atomic mass is 10.2. The molecule has 0 N–H and O–H groups in total. The summed E-state index contributed by atoms with van der Waals surface area (Å²) >= 11 is 0. The van der Waals surface area contributed by atoms with Crippen LogP contribution in [0.15, 0.2) is 17.0 Å². The Kier molecular flexibility index (Phi) is 1.67. The first kappa shape index (κ1) is 5.35. The molecule has 0 saturated carbocycles. The Bertz CT molecular complexity index is 134. The minimum atomic E-state index is 0.904. The van der Waals surface area contributed by atoms with Crippen LogP contribution in [0.1, 0.15) is 12.0 Å². The Morgan fingerprint density at radius 3 is 3.12 bits per heavy atom. The molecule has 0 saturated heterocycles. The van der Waals surface area contributed by atoms with E-state index in [0.717, 1.165) is 18.4 Å². The maximum atomic E-state index is 4.59. The van der Waals surface area contributed by atoms with Crippen molar-refractivity contribution in [1.29, 1.82) is 0 Å². The van der Waals surface area contributed by atoms with Gasteiger partial charge in [-0.05, 0) is 12.8 Å². The topological polar surface area (TPSA) is 26.0 Å². The maximum absolute atomic E-state index is 4.59. The van der Waals surface area contributed by atoms with Crippen molar-refractivity contribution < 1.29 is 4.52 Å². The summed E-state index contributed by atoms with van der Waals surface area (Å²) in [6.07, 6.45) is 5.22. The van der Waals surface area contributed by atoms with Gasteiger partial charge in [0.1, 0.15) is 6.26 Å². The zero-order valence-corrected chi connectivity index (χ0v) is 4.63. The van der Waals surface area contributed by atoms with Crippen LogP contribution >= 0.6 is 0 Å². The van der Waals surface area contributed by atoms with E-state index in [2.05, 4.69) is 16.6 Å². The minimum absolute atomic E-state index is 0.904. The van der Waals surface area contributed by atoms with Gasteiger partial charge in [-0.3, -0.25) is 0 Å². The van der Waals surface area contributed by atoms with Gasteiger partial charge in [-0.1, -0.05) is 12.1 Å². The van der Waals surface area contributed by atoms with E-state index < -0.39 is 0 Å². The molecule has 0 aromatic carbocycles. The summed E-state index contributed by atoms with van der Waals surface area (Å²) in [6, 6.07) is 0. The molecule has 1 radical (unpaired) electrons. The molecule has 0 aliphatic heterocycles. The number of nitrogens with zero attached hydrogens (tertiary/aromatic N) is 1. The van der Waals surface area contributed by atoms with Crippen LogP contribution in [0.3, 0.4) is 0 Å². The Balaban J connectivity index is 2.50. The van der Waals surface area contributed by atoms with E-state index >= 15 is 0 Å².